The molecule has 0 bridgehead atoms. The fourth-order valence-corrected chi connectivity index (χ4v) is 2.60. The van der Waals surface area contributed by atoms with E-state index in [1.807, 2.05) is 0 Å². The number of hydrogen-bond donors (Lipinski definition) is 0. The van der Waals surface area contributed by atoms with Gasteiger partial charge in [0.05, 0.1) is 16.5 Å². The molecule has 1 aromatic rings. The van der Waals surface area contributed by atoms with E-state index in [1.165, 1.54) is 12.1 Å². The van der Waals surface area contributed by atoms with Gasteiger partial charge in [-0.25, -0.2) is 8.42 Å². The predicted octanol–water partition coefficient (Wildman–Crippen LogP) is 3.17. The molecule has 0 saturated heterocycles. The lowest BCUT2D eigenvalue weighted by atomic mass is 10.1. The summed E-state index contributed by atoms with van der Waals surface area (Å²) in [5.74, 6) is 1.17. The van der Waals surface area contributed by atoms with Gasteiger partial charge >= 0.3 is 0 Å². The maximum absolute atomic E-state index is 11.3. The number of hydrogen-bond acceptors (Lipinski definition) is 3. The Labute approximate surface area is 108 Å². The minimum atomic E-state index is -3.27. The number of halogens is 1. The molecule has 0 N–H and O–H groups in total. The molecule has 0 fully saturated rings. The average molecular weight is 277 g/mol. The SMILES string of the molecule is CC(C)CCOc1ccc(S(C)(=O)=O)c(Cl)c1. The third-order valence-electron chi connectivity index (χ3n) is 2.27. The van der Waals surface area contributed by atoms with E-state index < -0.39 is 9.84 Å². The number of rotatable bonds is 5. The topological polar surface area (TPSA) is 43.4 Å². The molecule has 0 aliphatic carbocycles. The van der Waals surface area contributed by atoms with Crippen LogP contribution < -0.4 is 4.74 Å². The van der Waals surface area contributed by atoms with Crippen molar-refractivity contribution in [3.63, 3.8) is 0 Å². The van der Waals surface area contributed by atoms with E-state index in [0.29, 0.717) is 18.3 Å². The molecule has 0 radical (unpaired) electrons. The van der Waals surface area contributed by atoms with Crippen LogP contribution in [0.2, 0.25) is 5.02 Å². The maximum atomic E-state index is 11.3. The Morgan fingerprint density at radius 3 is 2.47 bits per heavy atom. The first-order valence-corrected chi connectivity index (χ1v) is 7.70. The van der Waals surface area contributed by atoms with Crippen LogP contribution in [-0.2, 0) is 9.84 Å². The van der Waals surface area contributed by atoms with Gasteiger partial charge in [-0.2, -0.15) is 0 Å². The van der Waals surface area contributed by atoms with E-state index in [0.717, 1.165) is 12.7 Å². The van der Waals surface area contributed by atoms with E-state index in [-0.39, 0.29) is 9.92 Å². The molecule has 0 aromatic heterocycles. The van der Waals surface area contributed by atoms with Crippen LogP contribution in [-0.4, -0.2) is 21.3 Å². The number of sulfone groups is 1. The number of ether oxygens (including phenoxy) is 1. The molecular weight excluding hydrogens is 260 g/mol. The molecule has 0 amide bonds. The highest BCUT2D eigenvalue weighted by Gasteiger charge is 2.12. The molecule has 0 unspecified atom stereocenters. The Kier molecular flexibility index (Phi) is 4.83. The lowest BCUT2D eigenvalue weighted by Crippen LogP contribution is -2.02. The van der Waals surface area contributed by atoms with Crippen molar-refractivity contribution in [2.45, 2.75) is 25.2 Å². The smallest absolute Gasteiger partial charge is 0.176 e. The first-order chi connectivity index (χ1) is 7.80. The third-order valence-corrected chi connectivity index (χ3v) is 3.85. The van der Waals surface area contributed by atoms with Crippen molar-refractivity contribution in [2.75, 3.05) is 12.9 Å². The van der Waals surface area contributed by atoms with E-state index >= 15 is 0 Å². The Morgan fingerprint density at radius 2 is 2.00 bits per heavy atom. The Bertz CT molecular complexity index is 481. The molecule has 17 heavy (non-hydrogen) atoms. The highest BCUT2D eigenvalue weighted by atomic mass is 35.5. The molecule has 0 saturated carbocycles. The quantitative estimate of drug-likeness (QED) is 0.830. The Hall–Kier alpha value is -0.740. The van der Waals surface area contributed by atoms with Gasteiger partial charge in [-0.1, -0.05) is 25.4 Å². The average Bonchev–Trinajstić information content (AvgIpc) is 2.14. The summed E-state index contributed by atoms with van der Waals surface area (Å²) in [5.41, 5.74) is 0. The van der Waals surface area contributed by atoms with Crippen LogP contribution in [0.25, 0.3) is 0 Å². The van der Waals surface area contributed by atoms with Crippen molar-refractivity contribution < 1.29 is 13.2 Å². The van der Waals surface area contributed by atoms with E-state index in [1.54, 1.807) is 6.07 Å². The standard InChI is InChI=1S/C12H17ClO3S/c1-9(2)6-7-16-10-4-5-12(11(13)8-10)17(3,14)15/h4-5,8-9H,6-7H2,1-3H3. The molecule has 0 aliphatic rings. The summed E-state index contributed by atoms with van der Waals surface area (Å²) in [7, 11) is -3.27. The third kappa shape index (κ3) is 4.56. The van der Waals surface area contributed by atoms with E-state index in [4.69, 9.17) is 16.3 Å². The molecule has 0 spiro atoms. The van der Waals surface area contributed by atoms with Crippen molar-refractivity contribution >= 4 is 21.4 Å². The van der Waals surface area contributed by atoms with Gasteiger partial charge in [0.2, 0.25) is 0 Å². The molecular formula is C12H17ClO3S. The summed E-state index contributed by atoms with van der Waals surface area (Å²) in [6.07, 6.45) is 2.08. The molecule has 1 aromatic carbocycles. The molecule has 0 atom stereocenters. The van der Waals surface area contributed by atoms with Crippen molar-refractivity contribution in [3.8, 4) is 5.75 Å². The van der Waals surface area contributed by atoms with Crippen LogP contribution in [0.15, 0.2) is 23.1 Å². The van der Waals surface area contributed by atoms with Crippen LogP contribution in [0.3, 0.4) is 0 Å². The largest absolute Gasteiger partial charge is 0.494 e. The van der Waals surface area contributed by atoms with E-state index in [2.05, 4.69) is 13.8 Å². The zero-order valence-corrected chi connectivity index (χ0v) is 11.8. The fourth-order valence-electron chi connectivity index (χ4n) is 1.28. The lowest BCUT2D eigenvalue weighted by molar-refractivity contribution is 0.289. The summed E-state index contributed by atoms with van der Waals surface area (Å²) < 4.78 is 28.2. The number of benzene rings is 1. The normalized spacial score (nSPS) is 11.8. The van der Waals surface area contributed by atoms with Crippen LogP contribution in [0, 0.1) is 5.92 Å². The van der Waals surface area contributed by atoms with Gasteiger partial charge in [-0.15, -0.1) is 0 Å². The minimum Gasteiger partial charge on any atom is -0.494 e. The summed E-state index contributed by atoms with van der Waals surface area (Å²) in [4.78, 5) is 0.135. The molecule has 1 rings (SSSR count). The van der Waals surface area contributed by atoms with Gasteiger partial charge < -0.3 is 4.74 Å². The second-order valence-electron chi connectivity index (χ2n) is 4.40. The van der Waals surface area contributed by atoms with Gasteiger partial charge in [0, 0.05) is 12.3 Å². The summed E-state index contributed by atoms with van der Waals surface area (Å²) in [5, 5.41) is 0.203. The first kappa shape index (κ1) is 14.3. The van der Waals surface area contributed by atoms with Crippen LogP contribution >= 0.6 is 11.6 Å². The predicted molar refractivity (Wildman–Crippen MR) is 69.5 cm³/mol. The molecule has 96 valence electrons. The highest BCUT2D eigenvalue weighted by molar-refractivity contribution is 7.90. The lowest BCUT2D eigenvalue weighted by Gasteiger charge is -2.09. The van der Waals surface area contributed by atoms with Crippen molar-refractivity contribution in [1.29, 1.82) is 0 Å². The fraction of sp³-hybridized carbons (Fsp3) is 0.500. The monoisotopic (exact) mass is 276 g/mol. The molecule has 3 nitrogen and oxygen atoms in total. The Balaban J connectivity index is 2.76. The summed E-state index contributed by atoms with van der Waals surface area (Å²) in [6, 6.07) is 4.64. The van der Waals surface area contributed by atoms with Crippen LogP contribution in [0.5, 0.6) is 5.75 Å². The first-order valence-electron chi connectivity index (χ1n) is 5.43. The molecule has 0 heterocycles. The second kappa shape index (κ2) is 5.74. The van der Waals surface area contributed by atoms with Gasteiger partial charge in [-0.05, 0) is 24.5 Å². The maximum Gasteiger partial charge on any atom is 0.176 e. The van der Waals surface area contributed by atoms with E-state index in [9.17, 15) is 8.42 Å². The molecule has 0 aliphatic heterocycles. The molecule has 5 heteroatoms. The Morgan fingerprint density at radius 1 is 1.35 bits per heavy atom. The summed E-state index contributed by atoms with van der Waals surface area (Å²) in [6.45, 7) is 4.83. The zero-order chi connectivity index (χ0) is 13.1. The van der Waals surface area contributed by atoms with Gasteiger partial charge in [0.15, 0.2) is 9.84 Å². The van der Waals surface area contributed by atoms with Gasteiger partial charge in [0.25, 0.3) is 0 Å². The minimum absolute atomic E-state index is 0.135. The van der Waals surface area contributed by atoms with Crippen molar-refractivity contribution in [1.82, 2.24) is 0 Å². The summed E-state index contributed by atoms with van der Waals surface area (Å²) >= 11 is 5.90. The second-order valence-corrected chi connectivity index (χ2v) is 6.79. The van der Waals surface area contributed by atoms with Gasteiger partial charge in [-0.3, -0.25) is 0 Å². The van der Waals surface area contributed by atoms with Crippen LogP contribution in [0.4, 0.5) is 0 Å². The van der Waals surface area contributed by atoms with Crippen LogP contribution in [0.1, 0.15) is 20.3 Å². The van der Waals surface area contributed by atoms with Crippen molar-refractivity contribution in [2.24, 2.45) is 5.92 Å². The van der Waals surface area contributed by atoms with Gasteiger partial charge in [0.1, 0.15) is 5.75 Å². The highest BCUT2D eigenvalue weighted by Crippen LogP contribution is 2.26. The van der Waals surface area contributed by atoms with Crippen molar-refractivity contribution in [3.05, 3.63) is 23.2 Å². The zero-order valence-electron chi connectivity index (χ0n) is 10.2.